The van der Waals surface area contributed by atoms with Crippen LogP contribution in [-0.2, 0) is 4.79 Å². The average Bonchev–Trinajstić information content (AvgIpc) is 2.68. The predicted molar refractivity (Wildman–Crippen MR) is 76.9 cm³/mol. The molecule has 2 saturated carbocycles. The Balaban J connectivity index is 1.48. The van der Waals surface area contributed by atoms with Crippen molar-refractivity contribution < 1.29 is 4.79 Å². The lowest BCUT2D eigenvalue weighted by Gasteiger charge is -2.40. The summed E-state index contributed by atoms with van der Waals surface area (Å²) in [5, 5.41) is 0. The first-order valence-corrected chi connectivity index (χ1v) is 8.08. The molecule has 0 aromatic heterocycles. The molecular weight excluding hydrogens is 236 g/mol. The molecule has 1 aliphatic heterocycles. The number of carbonyl (C=O) groups is 1. The molecule has 1 amide bonds. The van der Waals surface area contributed by atoms with E-state index in [0.717, 1.165) is 45.1 Å². The summed E-state index contributed by atoms with van der Waals surface area (Å²) in [4.78, 5) is 17.0. The molecule has 0 bridgehead atoms. The van der Waals surface area contributed by atoms with Gasteiger partial charge in [0.25, 0.3) is 0 Å². The zero-order valence-electron chi connectivity index (χ0n) is 12.5. The minimum absolute atomic E-state index is 0.372. The number of amides is 1. The SMILES string of the molecule is CC1(C)CCC(N2CCN(C(=O)C3CCC3)CC2)C1. The third-order valence-electron chi connectivity index (χ3n) is 5.54. The zero-order valence-corrected chi connectivity index (χ0v) is 12.5. The van der Waals surface area contributed by atoms with Crippen LogP contribution in [0.5, 0.6) is 0 Å². The van der Waals surface area contributed by atoms with Gasteiger partial charge in [-0.25, -0.2) is 0 Å². The summed E-state index contributed by atoms with van der Waals surface area (Å²) in [6, 6.07) is 0.774. The molecule has 1 unspecified atom stereocenters. The maximum atomic E-state index is 12.2. The van der Waals surface area contributed by atoms with Gasteiger partial charge in [0.15, 0.2) is 0 Å². The minimum Gasteiger partial charge on any atom is -0.340 e. The minimum atomic E-state index is 0.372. The summed E-state index contributed by atoms with van der Waals surface area (Å²) in [5.74, 6) is 0.814. The normalized spacial score (nSPS) is 32.3. The lowest BCUT2D eigenvalue weighted by molar-refractivity contribution is -0.140. The Hall–Kier alpha value is -0.570. The van der Waals surface area contributed by atoms with E-state index in [4.69, 9.17) is 0 Å². The molecule has 0 aromatic rings. The van der Waals surface area contributed by atoms with Gasteiger partial charge in [0.1, 0.15) is 0 Å². The van der Waals surface area contributed by atoms with Crippen molar-refractivity contribution in [3.63, 3.8) is 0 Å². The summed E-state index contributed by atoms with van der Waals surface area (Å²) < 4.78 is 0. The van der Waals surface area contributed by atoms with Gasteiger partial charge in [-0.15, -0.1) is 0 Å². The molecule has 0 N–H and O–H groups in total. The quantitative estimate of drug-likeness (QED) is 0.765. The Morgan fingerprint density at radius 1 is 1.05 bits per heavy atom. The van der Waals surface area contributed by atoms with E-state index >= 15 is 0 Å². The fraction of sp³-hybridized carbons (Fsp3) is 0.938. The molecule has 3 heteroatoms. The van der Waals surface area contributed by atoms with Crippen molar-refractivity contribution in [3.05, 3.63) is 0 Å². The highest BCUT2D eigenvalue weighted by Crippen LogP contribution is 2.39. The highest BCUT2D eigenvalue weighted by molar-refractivity contribution is 5.79. The van der Waals surface area contributed by atoms with E-state index in [0.29, 0.717) is 17.2 Å². The Labute approximate surface area is 117 Å². The highest BCUT2D eigenvalue weighted by Gasteiger charge is 2.37. The maximum absolute atomic E-state index is 12.2. The Morgan fingerprint density at radius 2 is 1.74 bits per heavy atom. The Morgan fingerprint density at radius 3 is 2.21 bits per heavy atom. The highest BCUT2D eigenvalue weighted by atomic mass is 16.2. The van der Waals surface area contributed by atoms with E-state index in [2.05, 4.69) is 23.6 Å². The van der Waals surface area contributed by atoms with E-state index in [-0.39, 0.29) is 0 Å². The van der Waals surface area contributed by atoms with Gasteiger partial charge in [-0.05, 0) is 37.5 Å². The largest absolute Gasteiger partial charge is 0.340 e. The first-order chi connectivity index (χ1) is 9.05. The number of piperazine rings is 1. The monoisotopic (exact) mass is 264 g/mol. The number of nitrogens with zero attached hydrogens (tertiary/aromatic N) is 2. The van der Waals surface area contributed by atoms with Gasteiger partial charge in [0.2, 0.25) is 5.91 Å². The van der Waals surface area contributed by atoms with Crippen LogP contribution in [0.3, 0.4) is 0 Å². The average molecular weight is 264 g/mol. The summed E-state index contributed by atoms with van der Waals surface area (Å²) in [7, 11) is 0. The fourth-order valence-corrected chi connectivity index (χ4v) is 3.93. The van der Waals surface area contributed by atoms with E-state index in [9.17, 15) is 4.79 Å². The second-order valence-corrected chi connectivity index (χ2v) is 7.55. The molecule has 0 radical (unpaired) electrons. The molecule has 3 rings (SSSR count). The van der Waals surface area contributed by atoms with Gasteiger partial charge in [0.05, 0.1) is 0 Å². The van der Waals surface area contributed by atoms with Crippen LogP contribution in [0, 0.1) is 11.3 Å². The number of rotatable bonds is 2. The van der Waals surface area contributed by atoms with Crippen LogP contribution < -0.4 is 0 Å². The molecule has 19 heavy (non-hydrogen) atoms. The van der Waals surface area contributed by atoms with Crippen molar-refractivity contribution in [2.75, 3.05) is 26.2 Å². The molecule has 108 valence electrons. The van der Waals surface area contributed by atoms with E-state index in [1.165, 1.54) is 25.7 Å². The second kappa shape index (κ2) is 5.08. The molecule has 0 spiro atoms. The molecule has 2 aliphatic carbocycles. The van der Waals surface area contributed by atoms with Crippen molar-refractivity contribution in [1.29, 1.82) is 0 Å². The molecule has 0 aromatic carbocycles. The van der Waals surface area contributed by atoms with Crippen molar-refractivity contribution >= 4 is 5.91 Å². The van der Waals surface area contributed by atoms with Gasteiger partial charge in [-0.2, -0.15) is 0 Å². The van der Waals surface area contributed by atoms with Crippen LogP contribution in [0.1, 0.15) is 52.4 Å². The Kier molecular flexibility index (Phi) is 3.59. The molecule has 3 fully saturated rings. The number of hydrogen-bond donors (Lipinski definition) is 0. The lowest BCUT2D eigenvalue weighted by Crippen LogP contribution is -2.53. The van der Waals surface area contributed by atoms with Gasteiger partial charge >= 0.3 is 0 Å². The first kappa shape index (κ1) is 13.4. The van der Waals surface area contributed by atoms with Gasteiger partial charge in [-0.1, -0.05) is 20.3 Å². The summed E-state index contributed by atoms with van der Waals surface area (Å²) in [6.07, 6.45) is 7.57. The van der Waals surface area contributed by atoms with Gasteiger partial charge < -0.3 is 4.90 Å². The number of carbonyl (C=O) groups excluding carboxylic acids is 1. The van der Waals surface area contributed by atoms with Gasteiger partial charge in [-0.3, -0.25) is 9.69 Å². The Bertz CT molecular complexity index is 341. The first-order valence-electron chi connectivity index (χ1n) is 8.08. The second-order valence-electron chi connectivity index (χ2n) is 7.55. The number of hydrogen-bond acceptors (Lipinski definition) is 2. The fourth-order valence-electron chi connectivity index (χ4n) is 3.93. The molecule has 1 saturated heterocycles. The van der Waals surface area contributed by atoms with Crippen LogP contribution in [-0.4, -0.2) is 47.9 Å². The topological polar surface area (TPSA) is 23.6 Å². The smallest absolute Gasteiger partial charge is 0.225 e. The zero-order chi connectivity index (χ0) is 13.5. The van der Waals surface area contributed by atoms with Crippen molar-refractivity contribution in [1.82, 2.24) is 9.80 Å². The summed E-state index contributed by atoms with van der Waals surface area (Å²) in [5.41, 5.74) is 0.531. The van der Waals surface area contributed by atoms with Crippen molar-refractivity contribution in [3.8, 4) is 0 Å². The molecule has 3 aliphatic rings. The van der Waals surface area contributed by atoms with Crippen molar-refractivity contribution in [2.24, 2.45) is 11.3 Å². The molecule has 1 atom stereocenters. The summed E-state index contributed by atoms with van der Waals surface area (Å²) >= 11 is 0. The van der Waals surface area contributed by atoms with E-state index in [1.54, 1.807) is 0 Å². The van der Waals surface area contributed by atoms with Gasteiger partial charge in [0, 0.05) is 38.1 Å². The van der Waals surface area contributed by atoms with Crippen LogP contribution in [0.2, 0.25) is 0 Å². The van der Waals surface area contributed by atoms with Crippen molar-refractivity contribution in [2.45, 2.75) is 58.4 Å². The predicted octanol–water partition coefficient (Wildman–Crippen LogP) is 2.51. The molecule has 3 nitrogen and oxygen atoms in total. The lowest BCUT2D eigenvalue weighted by atomic mass is 9.84. The van der Waals surface area contributed by atoms with Crippen LogP contribution >= 0.6 is 0 Å². The van der Waals surface area contributed by atoms with Crippen LogP contribution in [0.25, 0.3) is 0 Å². The van der Waals surface area contributed by atoms with Crippen LogP contribution in [0.15, 0.2) is 0 Å². The summed E-state index contributed by atoms with van der Waals surface area (Å²) in [6.45, 7) is 8.91. The maximum Gasteiger partial charge on any atom is 0.225 e. The third-order valence-corrected chi connectivity index (χ3v) is 5.54. The molecule has 1 heterocycles. The molecular formula is C16H28N2O. The standard InChI is InChI=1S/C16H28N2O/c1-16(2)7-6-14(12-16)17-8-10-18(11-9-17)15(19)13-4-3-5-13/h13-14H,3-12H2,1-2H3. The van der Waals surface area contributed by atoms with Crippen LogP contribution in [0.4, 0.5) is 0 Å². The third kappa shape index (κ3) is 2.81. The van der Waals surface area contributed by atoms with E-state index in [1.807, 2.05) is 0 Å². The van der Waals surface area contributed by atoms with E-state index < -0.39 is 0 Å².